The summed E-state index contributed by atoms with van der Waals surface area (Å²) in [5.41, 5.74) is 4.22. The number of rotatable bonds is 13. The van der Waals surface area contributed by atoms with Gasteiger partial charge >= 0.3 is 5.69 Å². The van der Waals surface area contributed by atoms with Crippen LogP contribution in [0.1, 0.15) is 88.9 Å². The van der Waals surface area contributed by atoms with Gasteiger partial charge in [-0.3, -0.25) is 4.57 Å². The second kappa shape index (κ2) is 13.5. The second-order valence-electron chi connectivity index (χ2n) is 11.0. The molecule has 0 bridgehead atoms. The van der Waals surface area contributed by atoms with Crippen LogP contribution >= 0.6 is 0 Å². The molecule has 1 N–H and O–H groups in total. The van der Waals surface area contributed by atoms with Gasteiger partial charge in [0.25, 0.3) is 0 Å². The van der Waals surface area contributed by atoms with Crippen LogP contribution in [0.25, 0.3) is 22.5 Å². The minimum atomic E-state index is 0.0293. The molecule has 0 amide bonds. The number of unbranched alkanes of at least 4 members (excludes halogenated alkanes) is 4. The highest BCUT2D eigenvalue weighted by Gasteiger charge is 2.18. The Bertz CT molecular complexity index is 1350. The number of hydrogen-bond donors (Lipinski definition) is 1. The Labute approximate surface area is 230 Å². The summed E-state index contributed by atoms with van der Waals surface area (Å²) in [4.78, 5) is 13.5. The van der Waals surface area contributed by atoms with Crippen molar-refractivity contribution >= 4 is 0 Å². The summed E-state index contributed by atoms with van der Waals surface area (Å²) < 4.78 is 3.65. The van der Waals surface area contributed by atoms with Crippen LogP contribution in [-0.2, 0) is 19.5 Å². The summed E-state index contributed by atoms with van der Waals surface area (Å²) in [6.07, 6.45) is 14.5. The van der Waals surface area contributed by atoms with Gasteiger partial charge in [0.1, 0.15) is 5.82 Å². The number of hydrogen-bond acceptors (Lipinski definition) is 5. The van der Waals surface area contributed by atoms with Crippen LogP contribution < -0.4 is 5.69 Å². The molecule has 2 heterocycles. The largest absolute Gasteiger partial charge is 0.346 e. The summed E-state index contributed by atoms with van der Waals surface area (Å²) in [6.45, 7) is 3.51. The Hall–Kier alpha value is -3.55. The maximum absolute atomic E-state index is 13.5. The smallest absolute Gasteiger partial charge is 0.274 e. The summed E-state index contributed by atoms with van der Waals surface area (Å²) in [5.74, 6) is 2.30. The lowest BCUT2D eigenvalue weighted by Gasteiger charge is -2.20. The predicted octanol–water partition coefficient (Wildman–Crippen LogP) is 6.42. The number of aryl methyl sites for hydroxylation is 2. The predicted molar refractivity (Wildman–Crippen MR) is 154 cm³/mol. The molecule has 4 aromatic rings. The number of aromatic amines is 1. The minimum absolute atomic E-state index is 0.0293. The van der Waals surface area contributed by atoms with Gasteiger partial charge in [0, 0.05) is 18.5 Å². The lowest BCUT2D eigenvalue weighted by molar-refractivity contribution is 0.316. The molecule has 39 heavy (non-hydrogen) atoms. The fourth-order valence-corrected chi connectivity index (χ4v) is 5.83. The SMILES string of the molecule is CCCCCCCc1nn(CCC2CCCCC2)c(=O)n1Cc1ccc(-c2ccccc2-c2nnn[nH]2)cc1. The van der Waals surface area contributed by atoms with Gasteiger partial charge < -0.3 is 0 Å². The molecule has 206 valence electrons. The van der Waals surface area contributed by atoms with Crippen molar-refractivity contribution in [1.82, 2.24) is 35.0 Å². The zero-order valence-corrected chi connectivity index (χ0v) is 23.2. The Kier molecular flexibility index (Phi) is 9.35. The quantitative estimate of drug-likeness (QED) is 0.202. The average molecular weight is 528 g/mol. The molecule has 1 aliphatic carbocycles. The Balaban J connectivity index is 1.33. The number of aromatic nitrogens is 7. The van der Waals surface area contributed by atoms with Gasteiger partial charge in [-0.1, -0.05) is 113 Å². The van der Waals surface area contributed by atoms with Gasteiger partial charge in [-0.25, -0.2) is 14.6 Å². The number of nitrogens with one attached hydrogen (secondary N) is 1. The monoisotopic (exact) mass is 527 g/mol. The molecule has 2 aromatic carbocycles. The fourth-order valence-electron chi connectivity index (χ4n) is 5.83. The summed E-state index contributed by atoms with van der Waals surface area (Å²) >= 11 is 0. The van der Waals surface area contributed by atoms with Gasteiger partial charge in [0.05, 0.1) is 6.54 Å². The Morgan fingerprint density at radius 1 is 0.923 bits per heavy atom. The first kappa shape index (κ1) is 27.0. The third-order valence-corrected chi connectivity index (χ3v) is 8.11. The Morgan fingerprint density at radius 3 is 2.44 bits per heavy atom. The molecule has 8 nitrogen and oxygen atoms in total. The molecule has 0 atom stereocenters. The van der Waals surface area contributed by atoms with E-state index in [2.05, 4.69) is 57.9 Å². The molecule has 1 saturated carbocycles. The zero-order valence-electron chi connectivity index (χ0n) is 23.2. The third kappa shape index (κ3) is 6.91. The molecule has 1 fully saturated rings. The van der Waals surface area contributed by atoms with Crippen molar-refractivity contribution in [2.45, 2.75) is 97.1 Å². The first-order chi connectivity index (χ1) is 19.2. The number of H-pyrrole nitrogens is 1. The average Bonchev–Trinajstić information content (AvgIpc) is 3.62. The molecular weight excluding hydrogens is 486 g/mol. The van der Waals surface area contributed by atoms with E-state index in [-0.39, 0.29) is 5.69 Å². The van der Waals surface area contributed by atoms with Crippen molar-refractivity contribution < 1.29 is 0 Å². The van der Waals surface area contributed by atoms with Crippen molar-refractivity contribution in [2.75, 3.05) is 0 Å². The topological polar surface area (TPSA) is 94.3 Å². The molecule has 0 spiro atoms. The van der Waals surface area contributed by atoms with E-state index < -0.39 is 0 Å². The first-order valence-corrected chi connectivity index (χ1v) is 14.8. The molecule has 0 radical (unpaired) electrons. The fraction of sp³-hybridized carbons (Fsp3) is 0.516. The summed E-state index contributed by atoms with van der Waals surface area (Å²) in [6, 6.07) is 16.5. The van der Waals surface area contributed by atoms with E-state index in [9.17, 15) is 4.79 Å². The molecule has 0 saturated heterocycles. The van der Waals surface area contributed by atoms with Crippen LogP contribution in [0.3, 0.4) is 0 Å². The highest BCUT2D eigenvalue weighted by molar-refractivity contribution is 5.80. The van der Waals surface area contributed by atoms with Gasteiger partial charge in [-0.05, 0) is 45.9 Å². The van der Waals surface area contributed by atoms with Gasteiger partial charge in [0.15, 0.2) is 5.82 Å². The van der Waals surface area contributed by atoms with Crippen molar-refractivity contribution in [1.29, 1.82) is 0 Å². The molecule has 0 aliphatic heterocycles. The van der Waals surface area contributed by atoms with Crippen LogP contribution in [0.15, 0.2) is 53.3 Å². The molecule has 2 aromatic heterocycles. The second-order valence-corrected chi connectivity index (χ2v) is 11.0. The van der Waals surface area contributed by atoms with Crippen molar-refractivity contribution in [3.63, 3.8) is 0 Å². The van der Waals surface area contributed by atoms with E-state index in [0.29, 0.717) is 12.4 Å². The molecule has 1 aliphatic rings. The van der Waals surface area contributed by atoms with E-state index in [1.165, 1.54) is 57.8 Å². The number of nitrogens with zero attached hydrogens (tertiary/aromatic N) is 6. The zero-order chi connectivity index (χ0) is 26.9. The van der Waals surface area contributed by atoms with E-state index in [1.54, 1.807) is 4.68 Å². The van der Waals surface area contributed by atoms with E-state index in [4.69, 9.17) is 5.10 Å². The Morgan fingerprint density at radius 2 is 1.69 bits per heavy atom. The first-order valence-electron chi connectivity index (χ1n) is 14.8. The van der Waals surface area contributed by atoms with Crippen LogP contribution in [-0.4, -0.2) is 35.0 Å². The summed E-state index contributed by atoms with van der Waals surface area (Å²) in [5, 5.41) is 19.3. The lowest BCUT2D eigenvalue weighted by atomic mass is 9.87. The van der Waals surface area contributed by atoms with Crippen molar-refractivity contribution in [3.05, 3.63) is 70.4 Å². The van der Waals surface area contributed by atoms with Gasteiger partial charge in [-0.2, -0.15) is 5.10 Å². The molecular formula is C31H41N7O. The minimum Gasteiger partial charge on any atom is -0.274 e. The third-order valence-electron chi connectivity index (χ3n) is 8.11. The van der Waals surface area contributed by atoms with Crippen LogP contribution in [0.4, 0.5) is 0 Å². The van der Waals surface area contributed by atoms with Crippen molar-refractivity contribution in [3.8, 4) is 22.5 Å². The highest BCUT2D eigenvalue weighted by atomic mass is 16.2. The van der Waals surface area contributed by atoms with Crippen LogP contribution in [0, 0.1) is 5.92 Å². The summed E-state index contributed by atoms with van der Waals surface area (Å²) in [7, 11) is 0. The van der Waals surface area contributed by atoms with Crippen molar-refractivity contribution in [2.24, 2.45) is 5.92 Å². The molecule has 8 heteroatoms. The van der Waals surface area contributed by atoms with Gasteiger partial charge in [-0.15, -0.1) is 5.10 Å². The maximum atomic E-state index is 13.5. The molecule has 5 rings (SSSR count). The van der Waals surface area contributed by atoms with Gasteiger partial charge in [0.2, 0.25) is 0 Å². The highest BCUT2D eigenvalue weighted by Crippen LogP contribution is 2.30. The standard InChI is InChI=1S/C31H41N7O/c1-2-3-4-5-9-16-29-34-38(22-21-24-12-7-6-8-13-24)31(39)37(29)23-25-17-19-26(20-18-25)27-14-10-11-15-28(27)30-32-35-36-33-30/h10-11,14-15,17-20,24H,2-9,12-13,16,21-23H2,1H3,(H,32,33,35,36). The number of tetrazole rings is 1. The lowest BCUT2D eigenvalue weighted by Crippen LogP contribution is -2.27. The number of benzene rings is 2. The van der Waals surface area contributed by atoms with E-state index in [0.717, 1.165) is 59.8 Å². The van der Waals surface area contributed by atoms with Crippen LogP contribution in [0.2, 0.25) is 0 Å². The normalized spacial score (nSPS) is 14.2. The van der Waals surface area contributed by atoms with Crippen LogP contribution in [0.5, 0.6) is 0 Å². The van der Waals surface area contributed by atoms with E-state index >= 15 is 0 Å². The maximum Gasteiger partial charge on any atom is 0.346 e. The molecule has 0 unspecified atom stereocenters. The van der Waals surface area contributed by atoms with E-state index in [1.807, 2.05) is 22.8 Å².